The Morgan fingerprint density at radius 1 is 1.39 bits per heavy atom. The van der Waals surface area contributed by atoms with Gasteiger partial charge in [-0.05, 0) is 62.1 Å². The van der Waals surface area contributed by atoms with Gasteiger partial charge in [0.2, 0.25) is 0 Å². The van der Waals surface area contributed by atoms with Crippen molar-refractivity contribution in [2.75, 3.05) is 13.1 Å². The van der Waals surface area contributed by atoms with E-state index in [4.69, 9.17) is 5.73 Å². The van der Waals surface area contributed by atoms with Crippen molar-refractivity contribution in [2.24, 2.45) is 11.1 Å². The lowest BCUT2D eigenvalue weighted by atomic mass is 9.66. The molecule has 0 unspecified atom stereocenters. The van der Waals surface area contributed by atoms with E-state index in [1.807, 2.05) is 11.3 Å². The Morgan fingerprint density at radius 3 is 2.72 bits per heavy atom. The van der Waals surface area contributed by atoms with Crippen molar-refractivity contribution in [3.8, 4) is 0 Å². The number of nitrogens with zero attached hydrogens (tertiary/aromatic N) is 1. The zero-order chi connectivity index (χ0) is 12.4. The molecule has 0 atom stereocenters. The van der Waals surface area contributed by atoms with Crippen LogP contribution in [-0.2, 0) is 6.54 Å². The predicted molar refractivity (Wildman–Crippen MR) is 77.7 cm³/mol. The molecule has 2 N–H and O–H groups in total. The van der Waals surface area contributed by atoms with Gasteiger partial charge in [0.25, 0.3) is 0 Å². The minimum Gasteiger partial charge on any atom is -0.330 e. The summed E-state index contributed by atoms with van der Waals surface area (Å²) in [5.74, 6) is 0. The second-order valence-electron chi connectivity index (χ2n) is 6.09. The molecule has 100 valence electrons. The minimum absolute atomic E-state index is 0.503. The van der Waals surface area contributed by atoms with E-state index < -0.39 is 0 Å². The summed E-state index contributed by atoms with van der Waals surface area (Å²) >= 11 is 1.89. The van der Waals surface area contributed by atoms with Crippen LogP contribution in [0.15, 0.2) is 17.5 Å². The molecule has 1 aromatic heterocycles. The van der Waals surface area contributed by atoms with Gasteiger partial charge in [0.05, 0.1) is 0 Å². The van der Waals surface area contributed by atoms with Gasteiger partial charge in [-0.15, -0.1) is 11.3 Å². The molecule has 2 nitrogen and oxygen atoms in total. The van der Waals surface area contributed by atoms with E-state index >= 15 is 0 Å². The molecule has 1 heterocycles. The molecule has 18 heavy (non-hydrogen) atoms. The maximum atomic E-state index is 5.97. The van der Waals surface area contributed by atoms with E-state index in [2.05, 4.69) is 22.4 Å². The van der Waals surface area contributed by atoms with Gasteiger partial charge < -0.3 is 5.73 Å². The molecule has 2 aliphatic rings. The highest BCUT2D eigenvalue weighted by atomic mass is 32.1. The lowest BCUT2D eigenvalue weighted by Gasteiger charge is -2.42. The Balaban J connectivity index is 1.54. The number of nitrogens with two attached hydrogens (primary N) is 1. The largest absolute Gasteiger partial charge is 0.330 e. The molecule has 2 fully saturated rings. The summed E-state index contributed by atoms with van der Waals surface area (Å²) in [7, 11) is 0. The van der Waals surface area contributed by atoms with Gasteiger partial charge in [0.1, 0.15) is 0 Å². The number of rotatable bonds is 7. The third-order valence-electron chi connectivity index (χ3n) is 4.78. The standard InChI is InChI=1S/C15H24N2S/c16-12-15(6-2-7-15)8-9-17(13-4-5-13)11-14-3-1-10-18-14/h1,3,10,13H,2,4-9,11-12,16H2. The number of thiophene rings is 1. The fourth-order valence-corrected chi connectivity index (χ4v) is 3.78. The number of hydrogen-bond acceptors (Lipinski definition) is 3. The van der Waals surface area contributed by atoms with Gasteiger partial charge in [-0.3, -0.25) is 4.90 Å². The van der Waals surface area contributed by atoms with Crippen molar-refractivity contribution in [3.05, 3.63) is 22.4 Å². The molecule has 0 spiro atoms. The lowest BCUT2D eigenvalue weighted by molar-refractivity contribution is 0.102. The van der Waals surface area contributed by atoms with Crippen LogP contribution in [-0.4, -0.2) is 24.0 Å². The van der Waals surface area contributed by atoms with Crippen molar-refractivity contribution in [2.45, 2.75) is 51.1 Å². The zero-order valence-corrected chi connectivity index (χ0v) is 11.9. The van der Waals surface area contributed by atoms with Crippen molar-refractivity contribution in [1.82, 2.24) is 4.90 Å². The number of hydrogen-bond donors (Lipinski definition) is 1. The van der Waals surface area contributed by atoms with Crippen LogP contribution in [0.4, 0.5) is 0 Å². The molecular weight excluding hydrogens is 240 g/mol. The first-order valence-electron chi connectivity index (χ1n) is 7.28. The average molecular weight is 264 g/mol. The van der Waals surface area contributed by atoms with Crippen LogP contribution in [0.3, 0.4) is 0 Å². The SMILES string of the molecule is NCC1(CCN(Cc2cccs2)C2CC2)CCC1. The highest BCUT2D eigenvalue weighted by Gasteiger charge is 2.37. The van der Waals surface area contributed by atoms with Gasteiger partial charge in [-0.1, -0.05) is 12.5 Å². The molecule has 0 amide bonds. The van der Waals surface area contributed by atoms with Crippen LogP contribution in [0.2, 0.25) is 0 Å². The van der Waals surface area contributed by atoms with Crippen molar-refractivity contribution in [1.29, 1.82) is 0 Å². The topological polar surface area (TPSA) is 29.3 Å². The first-order valence-corrected chi connectivity index (χ1v) is 8.16. The summed E-state index contributed by atoms with van der Waals surface area (Å²) in [6.45, 7) is 3.30. The fourth-order valence-electron chi connectivity index (χ4n) is 3.05. The third kappa shape index (κ3) is 2.79. The summed E-state index contributed by atoms with van der Waals surface area (Å²) in [5.41, 5.74) is 6.47. The van der Waals surface area contributed by atoms with Gasteiger partial charge >= 0.3 is 0 Å². The molecule has 1 aromatic rings. The summed E-state index contributed by atoms with van der Waals surface area (Å²) in [6.07, 6.45) is 8.24. The lowest BCUT2D eigenvalue weighted by Crippen LogP contribution is -2.40. The quantitative estimate of drug-likeness (QED) is 0.819. The van der Waals surface area contributed by atoms with Gasteiger partial charge in [-0.25, -0.2) is 0 Å². The van der Waals surface area contributed by atoms with E-state index in [-0.39, 0.29) is 0 Å². The predicted octanol–water partition coefficient (Wildman–Crippen LogP) is 3.23. The second-order valence-corrected chi connectivity index (χ2v) is 7.12. The Bertz CT molecular complexity index is 360. The van der Waals surface area contributed by atoms with Crippen LogP contribution < -0.4 is 5.73 Å². The van der Waals surface area contributed by atoms with Gasteiger partial charge in [-0.2, -0.15) is 0 Å². The summed E-state index contributed by atoms with van der Waals surface area (Å²) in [6, 6.07) is 5.29. The molecule has 0 saturated heterocycles. The highest BCUT2D eigenvalue weighted by Crippen LogP contribution is 2.43. The smallest absolute Gasteiger partial charge is 0.0330 e. The Kier molecular flexibility index (Phi) is 3.73. The third-order valence-corrected chi connectivity index (χ3v) is 5.64. The molecular formula is C15H24N2S. The van der Waals surface area contributed by atoms with Crippen molar-refractivity contribution < 1.29 is 0 Å². The summed E-state index contributed by atoms with van der Waals surface area (Å²) in [5, 5.41) is 2.19. The molecule has 2 aliphatic carbocycles. The van der Waals surface area contributed by atoms with Crippen LogP contribution in [0.5, 0.6) is 0 Å². The minimum atomic E-state index is 0.503. The highest BCUT2D eigenvalue weighted by molar-refractivity contribution is 7.09. The zero-order valence-electron chi connectivity index (χ0n) is 11.1. The summed E-state index contributed by atoms with van der Waals surface area (Å²) < 4.78 is 0. The first-order chi connectivity index (χ1) is 8.81. The molecule has 3 rings (SSSR count). The van der Waals surface area contributed by atoms with Gasteiger partial charge in [0.15, 0.2) is 0 Å². The fraction of sp³-hybridized carbons (Fsp3) is 0.733. The normalized spacial score (nSPS) is 22.1. The maximum absolute atomic E-state index is 5.97. The van der Waals surface area contributed by atoms with Crippen LogP contribution >= 0.6 is 11.3 Å². The van der Waals surface area contributed by atoms with E-state index in [9.17, 15) is 0 Å². The first kappa shape index (κ1) is 12.6. The molecule has 0 radical (unpaired) electrons. The average Bonchev–Trinajstić information content (AvgIpc) is 3.05. The van der Waals surface area contributed by atoms with Crippen molar-refractivity contribution >= 4 is 11.3 Å². The Morgan fingerprint density at radius 2 is 2.22 bits per heavy atom. The summed E-state index contributed by atoms with van der Waals surface area (Å²) in [4.78, 5) is 4.21. The monoisotopic (exact) mass is 264 g/mol. The van der Waals surface area contributed by atoms with Crippen molar-refractivity contribution in [3.63, 3.8) is 0 Å². The molecule has 0 aromatic carbocycles. The van der Waals surface area contributed by atoms with Crippen LogP contribution in [0.25, 0.3) is 0 Å². The van der Waals surface area contributed by atoms with E-state index in [0.29, 0.717) is 5.41 Å². The maximum Gasteiger partial charge on any atom is 0.0330 e. The second kappa shape index (κ2) is 5.32. The molecule has 3 heteroatoms. The molecule has 0 aliphatic heterocycles. The molecule has 2 saturated carbocycles. The van der Waals surface area contributed by atoms with E-state index in [1.54, 1.807) is 0 Å². The molecule has 0 bridgehead atoms. The Labute approximate surface area is 114 Å². The van der Waals surface area contributed by atoms with E-state index in [0.717, 1.165) is 19.1 Å². The van der Waals surface area contributed by atoms with Crippen LogP contribution in [0, 0.1) is 5.41 Å². The van der Waals surface area contributed by atoms with Gasteiger partial charge in [0, 0.05) is 17.5 Å². The Hall–Kier alpha value is -0.380. The van der Waals surface area contributed by atoms with E-state index in [1.165, 1.54) is 49.9 Å². The van der Waals surface area contributed by atoms with Crippen LogP contribution in [0.1, 0.15) is 43.4 Å².